The van der Waals surface area contributed by atoms with Gasteiger partial charge in [-0.05, 0) is 12.8 Å². The quantitative estimate of drug-likeness (QED) is 0.0197. The largest absolute Gasteiger partial charge is 0.472 e. The summed E-state index contributed by atoms with van der Waals surface area (Å²) in [5.74, 6) is -0.887. The summed E-state index contributed by atoms with van der Waals surface area (Å²) in [5, 5.41) is 31.8. The van der Waals surface area contributed by atoms with E-state index in [-0.39, 0.29) is 32.7 Å². The van der Waals surface area contributed by atoms with Crippen LogP contribution in [0.4, 0.5) is 0 Å². The number of carbonyl (C=O) groups excluding carboxylic acids is 2. The summed E-state index contributed by atoms with van der Waals surface area (Å²) in [6, 6.07) is 0. The molecule has 1 aliphatic rings. The van der Waals surface area contributed by atoms with Crippen molar-refractivity contribution in [2.24, 2.45) is 0 Å². The third-order valence-corrected chi connectivity index (χ3v) is 12.2. The smallest absolute Gasteiger partial charge is 0.462 e. The molecule has 0 aliphatic carbocycles. The maximum Gasteiger partial charge on any atom is 0.472 e. The molecule has 0 bridgehead atoms. The van der Waals surface area contributed by atoms with Gasteiger partial charge in [0.25, 0.3) is 0 Å². The van der Waals surface area contributed by atoms with Gasteiger partial charge in [0.15, 0.2) is 12.4 Å². The fourth-order valence-electron chi connectivity index (χ4n) is 7.22. The lowest BCUT2D eigenvalue weighted by molar-refractivity contribution is -0.870. The molecule has 1 heterocycles. The zero-order valence-corrected chi connectivity index (χ0v) is 40.1. The Morgan fingerprint density at radius 1 is 0.590 bits per heavy atom. The normalized spacial score (nSPS) is 21.0. The Morgan fingerprint density at radius 3 is 1.46 bits per heavy atom. The van der Waals surface area contributed by atoms with Crippen molar-refractivity contribution < 1.29 is 66.8 Å². The van der Waals surface area contributed by atoms with Gasteiger partial charge in [-0.15, -0.1) is 0 Å². The van der Waals surface area contributed by atoms with Crippen LogP contribution in [0.1, 0.15) is 194 Å². The lowest BCUT2D eigenvalue weighted by atomic mass is 9.99. The number of phosphoric acid groups is 1. The zero-order valence-electron chi connectivity index (χ0n) is 39.2. The minimum Gasteiger partial charge on any atom is -0.462 e. The van der Waals surface area contributed by atoms with E-state index in [4.69, 9.17) is 28.0 Å². The van der Waals surface area contributed by atoms with Crippen LogP contribution in [-0.2, 0) is 42.1 Å². The molecule has 15 heteroatoms. The molecular formula is C46H91NO13P+. The number of hydrogen-bond donors (Lipinski definition) is 4. The highest BCUT2D eigenvalue weighted by Crippen LogP contribution is 2.43. The van der Waals surface area contributed by atoms with Gasteiger partial charge >= 0.3 is 19.8 Å². The second kappa shape index (κ2) is 36.1. The van der Waals surface area contributed by atoms with Crippen LogP contribution in [-0.4, -0.2) is 128 Å². The third kappa shape index (κ3) is 32.2. The van der Waals surface area contributed by atoms with Gasteiger partial charge in [-0.1, -0.05) is 168 Å². The number of unbranched alkanes of at least 4 members (excludes halogenated alkanes) is 24. The Labute approximate surface area is 370 Å². The first-order valence-corrected chi connectivity index (χ1v) is 25.8. The average Bonchev–Trinajstić information content (AvgIpc) is 3.21. The monoisotopic (exact) mass is 897 g/mol. The molecule has 1 aliphatic heterocycles. The van der Waals surface area contributed by atoms with Gasteiger partial charge < -0.3 is 43.6 Å². The number of esters is 2. The predicted molar refractivity (Wildman–Crippen MR) is 239 cm³/mol. The van der Waals surface area contributed by atoms with E-state index in [0.29, 0.717) is 23.9 Å². The van der Waals surface area contributed by atoms with Crippen LogP contribution in [0.5, 0.6) is 0 Å². The lowest BCUT2D eigenvalue weighted by Crippen LogP contribution is -2.59. The highest BCUT2D eigenvalue weighted by molar-refractivity contribution is 7.47. The van der Waals surface area contributed by atoms with Crippen LogP contribution in [0, 0.1) is 0 Å². The zero-order chi connectivity index (χ0) is 45.2. The third-order valence-electron chi connectivity index (χ3n) is 11.2. The standard InChI is InChI=1S/C46H90NO13P/c1-6-8-10-12-14-16-18-20-22-24-26-28-30-32-41(48)55-36-39(59-42(49)33-31-29-27-25-23-21-19-17-15-13-11-9-7-2)37-56-46-45(52)44(51)43(50)40(60-46)38-58-61(53,54)57-35-34-47(3,4)5/h39-40,43-46,50-52H,6-38H2,1-5H3/p+1/t39-,40-,43-,44+,45-,46+/m1/s1. The van der Waals surface area contributed by atoms with E-state index in [1.54, 1.807) is 0 Å². The summed E-state index contributed by atoms with van der Waals surface area (Å²) in [6.07, 6.45) is 22.2. The number of ether oxygens (including phenoxy) is 4. The van der Waals surface area contributed by atoms with E-state index >= 15 is 0 Å². The molecule has 61 heavy (non-hydrogen) atoms. The molecule has 7 atom stereocenters. The first-order chi connectivity index (χ1) is 29.2. The summed E-state index contributed by atoms with van der Waals surface area (Å²) >= 11 is 0. The predicted octanol–water partition coefficient (Wildman–Crippen LogP) is 9.07. The number of rotatable bonds is 41. The summed E-state index contributed by atoms with van der Waals surface area (Å²) in [5.41, 5.74) is 0. The SMILES string of the molecule is CCCCCCCCCCCCCCCC(=O)OC[C@H](CO[C@H]1O[C@H](COP(=O)(O)OCC[N+](C)(C)C)[C@@H](O)[C@H](O)[C@H]1O)OC(=O)CCCCCCCCCCCCCCC. The molecule has 0 aromatic heterocycles. The molecule has 1 saturated heterocycles. The molecule has 0 aromatic rings. The molecule has 14 nitrogen and oxygen atoms in total. The van der Waals surface area contributed by atoms with Gasteiger partial charge in [-0.2, -0.15) is 0 Å². The lowest BCUT2D eigenvalue weighted by Gasteiger charge is -2.40. The summed E-state index contributed by atoms with van der Waals surface area (Å²) < 4.78 is 45.6. The van der Waals surface area contributed by atoms with Crippen LogP contribution in [0.2, 0.25) is 0 Å². The van der Waals surface area contributed by atoms with Crippen molar-refractivity contribution in [2.45, 2.75) is 230 Å². The van der Waals surface area contributed by atoms with Crippen LogP contribution in [0.3, 0.4) is 0 Å². The fraction of sp³-hybridized carbons (Fsp3) is 0.957. The van der Waals surface area contributed by atoms with E-state index in [1.165, 1.54) is 116 Å². The first kappa shape index (κ1) is 57.8. The van der Waals surface area contributed by atoms with Crippen LogP contribution in [0.25, 0.3) is 0 Å². The second-order valence-corrected chi connectivity index (χ2v) is 19.7. The number of carbonyl (C=O) groups is 2. The number of phosphoric ester groups is 1. The van der Waals surface area contributed by atoms with Crippen molar-refractivity contribution in [3.05, 3.63) is 0 Å². The van der Waals surface area contributed by atoms with E-state index in [9.17, 15) is 34.4 Å². The van der Waals surface area contributed by atoms with Crippen molar-refractivity contribution in [2.75, 3.05) is 54.1 Å². The van der Waals surface area contributed by atoms with Crippen molar-refractivity contribution in [1.82, 2.24) is 0 Å². The maximum absolute atomic E-state index is 12.9. The molecule has 362 valence electrons. The topological polar surface area (TPSA) is 188 Å². The highest BCUT2D eigenvalue weighted by atomic mass is 31.2. The van der Waals surface area contributed by atoms with Crippen molar-refractivity contribution in [1.29, 1.82) is 0 Å². The van der Waals surface area contributed by atoms with Crippen LogP contribution < -0.4 is 0 Å². The van der Waals surface area contributed by atoms with Gasteiger partial charge in [-0.3, -0.25) is 18.6 Å². The molecule has 1 unspecified atom stereocenters. The van der Waals surface area contributed by atoms with E-state index in [2.05, 4.69) is 13.8 Å². The van der Waals surface area contributed by atoms with Gasteiger partial charge in [0.1, 0.15) is 44.2 Å². The van der Waals surface area contributed by atoms with Gasteiger partial charge in [0.05, 0.1) is 34.4 Å². The molecule has 0 radical (unpaired) electrons. The Hall–Kier alpha value is -1.19. The van der Waals surface area contributed by atoms with Gasteiger partial charge in [0.2, 0.25) is 0 Å². The maximum atomic E-state index is 12.9. The minimum absolute atomic E-state index is 0.0676. The number of hydrogen-bond acceptors (Lipinski definition) is 12. The number of likely N-dealkylation sites (N-methyl/N-ethyl adjacent to an activating group) is 1. The Bertz CT molecular complexity index is 1130. The van der Waals surface area contributed by atoms with Gasteiger partial charge in [-0.25, -0.2) is 4.57 Å². The van der Waals surface area contributed by atoms with Gasteiger partial charge in [0, 0.05) is 12.8 Å². The van der Waals surface area contributed by atoms with E-state index in [0.717, 1.165) is 38.5 Å². The highest BCUT2D eigenvalue weighted by Gasteiger charge is 2.45. The molecule has 0 aromatic carbocycles. The van der Waals surface area contributed by atoms with Crippen molar-refractivity contribution in [3.8, 4) is 0 Å². The Balaban J connectivity index is 2.60. The Kier molecular flexibility index (Phi) is 34.2. The number of quaternary nitrogens is 1. The van der Waals surface area contributed by atoms with E-state index in [1.807, 2.05) is 21.1 Å². The summed E-state index contributed by atoms with van der Waals surface area (Å²) in [4.78, 5) is 35.8. The minimum atomic E-state index is -4.53. The second-order valence-electron chi connectivity index (χ2n) is 18.2. The molecule has 1 fully saturated rings. The van der Waals surface area contributed by atoms with E-state index < -0.39 is 63.2 Å². The molecule has 0 spiro atoms. The first-order valence-electron chi connectivity index (χ1n) is 24.3. The molecular weight excluding hydrogens is 805 g/mol. The average molecular weight is 897 g/mol. The molecule has 4 N–H and O–H groups in total. The number of aliphatic hydroxyl groups is 3. The number of nitrogens with zero attached hydrogens (tertiary/aromatic N) is 1. The van der Waals surface area contributed by atoms with Crippen molar-refractivity contribution >= 4 is 19.8 Å². The summed E-state index contributed by atoms with van der Waals surface area (Å²) in [6.45, 7) is 3.54. The number of aliphatic hydroxyl groups excluding tert-OH is 3. The summed E-state index contributed by atoms with van der Waals surface area (Å²) in [7, 11) is 1.14. The van der Waals surface area contributed by atoms with Crippen molar-refractivity contribution in [3.63, 3.8) is 0 Å². The molecule has 1 rings (SSSR count). The Morgan fingerprint density at radius 2 is 1.02 bits per heavy atom. The van der Waals surface area contributed by atoms with Crippen LogP contribution >= 0.6 is 7.82 Å². The van der Waals surface area contributed by atoms with Crippen LogP contribution in [0.15, 0.2) is 0 Å². The fourth-order valence-corrected chi connectivity index (χ4v) is 7.94. The molecule has 0 amide bonds. The molecule has 0 saturated carbocycles.